The van der Waals surface area contributed by atoms with E-state index in [1.807, 2.05) is 48.5 Å². The number of hydrogen-bond donors (Lipinski definition) is 1. The van der Waals surface area contributed by atoms with Gasteiger partial charge in [0.1, 0.15) is 6.61 Å². The molecule has 0 spiro atoms. The third kappa shape index (κ3) is 6.24. The zero-order valence-electron chi connectivity index (χ0n) is 16.7. The van der Waals surface area contributed by atoms with Gasteiger partial charge < -0.3 is 19.5 Å². The minimum atomic E-state index is -0.320. The summed E-state index contributed by atoms with van der Waals surface area (Å²) < 4.78 is 16.4. The molecular formula is C23H27NO5. The second-order valence-corrected chi connectivity index (χ2v) is 7.13. The number of carbonyl (C=O) groups excluding carboxylic acids is 2. The SMILES string of the molecule is COc1cc(CNC(=O)COC(=O)C2CCCC2)ccc1OCc1ccccc1. The van der Waals surface area contributed by atoms with E-state index < -0.39 is 0 Å². The van der Waals surface area contributed by atoms with Gasteiger partial charge in [-0.3, -0.25) is 9.59 Å². The lowest BCUT2D eigenvalue weighted by Gasteiger charge is -2.13. The predicted molar refractivity (Wildman–Crippen MR) is 109 cm³/mol. The summed E-state index contributed by atoms with van der Waals surface area (Å²) in [5.41, 5.74) is 1.93. The third-order valence-electron chi connectivity index (χ3n) is 4.99. The number of amides is 1. The first-order chi connectivity index (χ1) is 14.2. The van der Waals surface area contributed by atoms with Crippen molar-refractivity contribution in [1.82, 2.24) is 5.32 Å². The standard InChI is InChI=1S/C23H27NO5/c1-27-21-13-18(11-12-20(21)28-15-17-7-3-2-4-8-17)14-24-22(25)16-29-23(26)19-9-5-6-10-19/h2-4,7-8,11-13,19H,5-6,9-10,14-16H2,1H3,(H,24,25). The van der Waals surface area contributed by atoms with Gasteiger partial charge in [-0.2, -0.15) is 0 Å². The van der Waals surface area contributed by atoms with E-state index in [0.29, 0.717) is 24.7 Å². The number of hydrogen-bond acceptors (Lipinski definition) is 5. The molecule has 1 amide bonds. The molecule has 1 aliphatic carbocycles. The fourth-order valence-electron chi connectivity index (χ4n) is 3.34. The topological polar surface area (TPSA) is 73.9 Å². The third-order valence-corrected chi connectivity index (χ3v) is 4.99. The van der Waals surface area contributed by atoms with Gasteiger partial charge in [0.2, 0.25) is 0 Å². The van der Waals surface area contributed by atoms with Crippen LogP contribution in [0.2, 0.25) is 0 Å². The molecule has 0 bridgehead atoms. The van der Waals surface area contributed by atoms with Gasteiger partial charge in [0.05, 0.1) is 13.0 Å². The van der Waals surface area contributed by atoms with Gasteiger partial charge in [0.15, 0.2) is 18.1 Å². The van der Waals surface area contributed by atoms with Crippen molar-refractivity contribution in [3.63, 3.8) is 0 Å². The van der Waals surface area contributed by atoms with Crippen molar-refractivity contribution in [2.24, 2.45) is 5.92 Å². The molecule has 1 N–H and O–H groups in total. The van der Waals surface area contributed by atoms with Crippen LogP contribution < -0.4 is 14.8 Å². The lowest BCUT2D eigenvalue weighted by Crippen LogP contribution is -2.29. The Hall–Kier alpha value is -3.02. The summed E-state index contributed by atoms with van der Waals surface area (Å²) in [6.45, 7) is 0.513. The Labute approximate surface area is 171 Å². The second kappa shape index (κ2) is 10.5. The lowest BCUT2D eigenvalue weighted by atomic mass is 10.1. The normalized spacial score (nSPS) is 13.7. The smallest absolute Gasteiger partial charge is 0.309 e. The van der Waals surface area contributed by atoms with E-state index in [4.69, 9.17) is 14.2 Å². The molecule has 6 nitrogen and oxygen atoms in total. The van der Waals surface area contributed by atoms with Crippen LogP contribution >= 0.6 is 0 Å². The maximum Gasteiger partial charge on any atom is 0.309 e. The van der Waals surface area contributed by atoms with Crippen LogP contribution in [-0.2, 0) is 27.5 Å². The Morgan fingerprint density at radius 3 is 2.48 bits per heavy atom. The minimum Gasteiger partial charge on any atom is -0.493 e. The Morgan fingerprint density at radius 2 is 1.76 bits per heavy atom. The lowest BCUT2D eigenvalue weighted by molar-refractivity contribution is -0.152. The quantitative estimate of drug-likeness (QED) is 0.654. The Balaban J connectivity index is 1.46. The van der Waals surface area contributed by atoms with E-state index in [9.17, 15) is 9.59 Å². The van der Waals surface area contributed by atoms with Crippen LogP contribution in [0.25, 0.3) is 0 Å². The van der Waals surface area contributed by atoms with E-state index in [2.05, 4.69) is 5.32 Å². The molecule has 3 rings (SSSR count). The van der Waals surface area contributed by atoms with Gasteiger partial charge in [-0.25, -0.2) is 0 Å². The summed E-state index contributed by atoms with van der Waals surface area (Å²) in [7, 11) is 1.58. The number of benzene rings is 2. The maximum absolute atomic E-state index is 12.0. The number of nitrogens with one attached hydrogen (secondary N) is 1. The fraction of sp³-hybridized carbons (Fsp3) is 0.391. The summed E-state index contributed by atoms with van der Waals surface area (Å²) in [6, 6.07) is 15.4. The van der Waals surface area contributed by atoms with Gasteiger partial charge in [0.25, 0.3) is 5.91 Å². The van der Waals surface area contributed by atoms with Crippen molar-refractivity contribution < 1.29 is 23.8 Å². The van der Waals surface area contributed by atoms with Crippen LogP contribution in [0.4, 0.5) is 0 Å². The minimum absolute atomic E-state index is 0.0458. The van der Waals surface area contributed by atoms with Crippen LogP contribution in [0.5, 0.6) is 11.5 Å². The van der Waals surface area contributed by atoms with Crippen molar-refractivity contribution >= 4 is 11.9 Å². The Morgan fingerprint density at radius 1 is 1.00 bits per heavy atom. The van der Waals surface area contributed by atoms with E-state index in [1.54, 1.807) is 7.11 Å². The highest BCUT2D eigenvalue weighted by Gasteiger charge is 2.24. The molecule has 1 fully saturated rings. The zero-order valence-corrected chi connectivity index (χ0v) is 16.7. The van der Waals surface area contributed by atoms with Gasteiger partial charge in [-0.1, -0.05) is 49.2 Å². The molecule has 2 aromatic rings. The Kier molecular flexibility index (Phi) is 7.50. The highest BCUT2D eigenvalue weighted by Crippen LogP contribution is 2.29. The molecule has 0 radical (unpaired) electrons. The summed E-state index contributed by atoms with van der Waals surface area (Å²) >= 11 is 0. The first-order valence-electron chi connectivity index (χ1n) is 9.92. The molecule has 1 saturated carbocycles. The van der Waals surface area contributed by atoms with Crippen molar-refractivity contribution in [2.75, 3.05) is 13.7 Å². The number of ether oxygens (including phenoxy) is 3. The molecule has 0 aliphatic heterocycles. The molecule has 1 aliphatic rings. The molecule has 0 heterocycles. The van der Waals surface area contributed by atoms with Crippen molar-refractivity contribution in [1.29, 1.82) is 0 Å². The van der Waals surface area contributed by atoms with Crippen LogP contribution in [0.1, 0.15) is 36.8 Å². The van der Waals surface area contributed by atoms with Crippen molar-refractivity contribution in [2.45, 2.75) is 38.8 Å². The van der Waals surface area contributed by atoms with Crippen LogP contribution in [0, 0.1) is 5.92 Å². The molecule has 2 aromatic carbocycles. The second-order valence-electron chi connectivity index (χ2n) is 7.13. The Bertz CT molecular complexity index is 815. The number of methoxy groups -OCH3 is 1. The highest BCUT2D eigenvalue weighted by atomic mass is 16.5. The van der Waals surface area contributed by atoms with Crippen LogP contribution in [0.15, 0.2) is 48.5 Å². The van der Waals surface area contributed by atoms with Gasteiger partial charge in [0, 0.05) is 6.54 Å². The largest absolute Gasteiger partial charge is 0.493 e. The zero-order chi connectivity index (χ0) is 20.5. The fourth-order valence-corrected chi connectivity index (χ4v) is 3.34. The summed E-state index contributed by atoms with van der Waals surface area (Å²) in [4.78, 5) is 23.8. The first-order valence-corrected chi connectivity index (χ1v) is 9.92. The maximum atomic E-state index is 12.0. The van der Waals surface area contributed by atoms with Gasteiger partial charge in [-0.15, -0.1) is 0 Å². The van der Waals surface area contributed by atoms with Crippen LogP contribution in [-0.4, -0.2) is 25.6 Å². The first kappa shape index (κ1) is 20.7. The monoisotopic (exact) mass is 397 g/mol. The molecule has 0 unspecified atom stereocenters. The molecule has 29 heavy (non-hydrogen) atoms. The van der Waals surface area contributed by atoms with Crippen molar-refractivity contribution in [3.8, 4) is 11.5 Å². The average molecular weight is 397 g/mol. The van der Waals surface area contributed by atoms with Gasteiger partial charge in [-0.05, 0) is 36.1 Å². The molecule has 0 saturated heterocycles. The number of rotatable bonds is 9. The van der Waals surface area contributed by atoms with E-state index in [1.165, 1.54) is 0 Å². The predicted octanol–water partition coefficient (Wildman–Crippen LogP) is 3.62. The summed E-state index contributed by atoms with van der Waals surface area (Å²) in [5.74, 6) is 0.603. The van der Waals surface area contributed by atoms with E-state index in [0.717, 1.165) is 36.8 Å². The van der Waals surface area contributed by atoms with E-state index in [-0.39, 0.29) is 24.4 Å². The number of carbonyl (C=O) groups is 2. The van der Waals surface area contributed by atoms with Crippen LogP contribution in [0.3, 0.4) is 0 Å². The summed E-state index contributed by atoms with van der Waals surface area (Å²) in [6.07, 6.45) is 3.83. The molecule has 0 atom stereocenters. The summed E-state index contributed by atoms with van der Waals surface area (Å²) in [5, 5.41) is 2.76. The molecule has 6 heteroatoms. The average Bonchev–Trinajstić information content (AvgIpc) is 3.30. The van der Waals surface area contributed by atoms with Crippen molar-refractivity contribution in [3.05, 3.63) is 59.7 Å². The van der Waals surface area contributed by atoms with Gasteiger partial charge >= 0.3 is 5.97 Å². The molecule has 0 aromatic heterocycles. The highest BCUT2D eigenvalue weighted by molar-refractivity contribution is 5.81. The molecular weight excluding hydrogens is 370 g/mol. The number of esters is 1. The van der Waals surface area contributed by atoms with E-state index >= 15 is 0 Å². The molecule has 154 valence electrons.